The Morgan fingerprint density at radius 3 is 2.58 bits per heavy atom. The number of thiophene rings is 1. The van der Waals surface area contributed by atoms with Gasteiger partial charge in [-0.25, -0.2) is 13.2 Å². The molecular weight excluding hydrogens is 550 g/mol. The third-order valence-electron chi connectivity index (χ3n) is 6.40. The third kappa shape index (κ3) is 7.79. The lowest BCUT2D eigenvalue weighted by molar-refractivity contribution is -0.143. The Bertz CT molecular complexity index is 1280. The van der Waals surface area contributed by atoms with Crippen LogP contribution in [0.4, 0.5) is 10.5 Å². The van der Waals surface area contributed by atoms with E-state index in [9.17, 15) is 22.8 Å². The van der Waals surface area contributed by atoms with E-state index in [1.807, 2.05) is 18.2 Å². The molecule has 10 nitrogen and oxygen atoms in total. The molecule has 2 aromatic rings. The lowest BCUT2D eigenvalue weighted by Gasteiger charge is -2.34. The summed E-state index contributed by atoms with van der Waals surface area (Å²) in [5, 5.41) is 6.58. The standard InChI is InChI=1S/C25H30ClN5O5S2/c26-22-11-10-20(37-22)12-15-38(35,36)29-21-9-5-13-30(24(21)33)17-23(32)31-14-4-8-19(31)16-27-25(34)28-18-6-2-1-3-7-18/h1-3,6-7,10-12,15,19,21,29H,4-5,8-9,13-14,16-17H2,(H2,27,28,34)/t19-,21-/m0/s1. The first-order valence-electron chi connectivity index (χ1n) is 12.3. The van der Waals surface area contributed by atoms with E-state index in [0.717, 1.165) is 18.2 Å². The fourth-order valence-corrected chi connectivity index (χ4v) is 6.63. The number of hydrogen-bond donors (Lipinski definition) is 3. The van der Waals surface area contributed by atoms with Gasteiger partial charge in [0.25, 0.3) is 0 Å². The van der Waals surface area contributed by atoms with Crippen LogP contribution in [0.15, 0.2) is 47.9 Å². The summed E-state index contributed by atoms with van der Waals surface area (Å²) in [7, 11) is -3.87. The second-order valence-electron chi connectivity index (χ2n) is 9.15. The Labute approximate surface area is 231 Å². The minimum absolute atomic E-state index is 0.132. The molecular formula is C25H30ClN5O5S2. The summed E-state index contributed by atoms with van der Waals surface area (Å²) >= 11 is 7.12. The molecule has 4 amide bonds. The van der Waals surface area contributed by atoms with E-state index in [1.165, 1.54) is 22.3 Å². The van der Waals surface area contributed by atoms with Crippen LogP contribution in [0.5, 0.6) is 0 Å². The van der Waals surface area contributed by atoms with Crippen molar-refractivity contribution < 1.29 is 22.8 Å². The average molecular weight is 580 g/mol. The number of hydrogen-bond acceptors (Lipinski definition) is 6. The fraction of sp³-hybridized carbons (Fsp3) is 0.400. The van der Waals surface area contributed by atoms with Gasteiger partial charge in [0.2, 0.25) is 21.8 Å². The predicted octanol–water partition coefficient (Wildman–Crippen LogP) is 3.10. The molecule has 204 valence electrons. The number of benzene rings is 1. The van der Waals surface area contributed by atoms with Crippen LogP contribution in [-0.2, 0) is 19.6 Å². The summed E-state index contributed by atoms with van der Waals surface area (Å²) in [6.45, 7) is 1.08. The normalized spacial score (nSPS) is 20.2. The number of anilines is 1. The van der Waals surface area contributed by atoms with E-state index >= 15 is 0 Å². The van der Waals surface area contributed by atoms with Gasteiger partial charge in [0.15, 0.2) is 0 Å². The van der Waals surface area contributed by atoms with Crippen molar-refractivity contribution in [2.24, 2.45) is 0 Å². The zero-order valence-corrected chi connectivity index (χ0v) is 23.0. The van der Waals surface area contributed by atoms with Gasteiger partial charge in [-0.3, -0.25) is 9.59 Å². The summed E-state index contributed by atoms with van der Waals surface area (Å²) in [5.74, 6) is -0.638. The molecule has 2 atom stereocenters. The lowest BCUT2D eigenvalue weighted by atomic mass is 10.1. The number of nitrogens with zero attached hydrogens (tertiary/aromatic N) is 2. The van der Waals surface area contributed by atoms with Gasteiger partial charge in [-0.2, -0.15) is 4.72 Å². The topological polar surface area (TPSA) is 128 Å². The molecule has 1 aromatic heterocycles. The zero-order valence-electron chi connectivity index (χ0n) is 20.6. The van der Waals surface area contributed by atoms with E-state index in [-0.39, 0.29) is 24.5 Å². The molecule has 3 N–H and O–H groups in total. The molecule has 13 heteroatoms. The van der Waals surface area contributed by atoms with Crippen LogP contribution < -0.4 is 15.4 Å². The number of urea groups is 1. The molecule has 1 aromatic carbocycles. The Kier molecular flexibility index (Phi) is 9.42. The van der Waals surface area contributed by atoms with Crippen LogP contribution in [0.2, 0.25) is 4.34 Å². The van der Waals surface area contributed by atoms with Crippen LogP contribution >= 0.6 is 22.9 Å². The minimum atomic E-state index is -3.87. The number of halogens is 1. The summed E-state index contributed by atoms with van der Waals surface area (Å²) in [6.07, 6.45) is 3.90. The quantitative estimate of drug-likeness (QED) is 0.421. The van der Waals surface area contributed by atoms with E-state index in [1.54, 1.807) is 29.2 Å². The highest BCUT2D eigenvalue weighted by Crippen LogP contribution is 2.23. The first kappa shape index (κ1) is 28.1. The second kappa shape index (κ2) is 12.7. The maximum atomic E-state index is 13.1. The van der Waals surface area contributed by atoms with E-state index in [4.69, 9.17) is 11.6 Å². The molecule has 2 saturated heterocycles. The van der Waals surface area contributed by atoms with Crippen molar-refractivity contribution in [2.75, 3.05) is 31.5 Å². The first-order chi connectivity index (χ1) is 18.2. The maximum absolute atomic E-state index is 13.1. The number of sulfonamides is 1. The van der Waals surface area contributed by atoms with Crippen molar-refractivity contribution in [3.63, 3.8) is 0 Å². The third-order valence-corrected chi connectivity index (χ3v) is 8.70. The fourth-order valence-electron chi connectivity index (χ4n) is 4.56. The van der Waals surface area contributed by atoms with Gasteiger partial charge in [0.05, 0.1) is 10.9 Å². The van der Waals surface area contributed by atoms with Crippen LogP contribution in [0.3, 0.4) is 0 Å². The summed E-state index contributed by atoms with van der Waals surface area (Å²) in [6, 6.07) is 11.0. The Hall–Kier alpha value is -2.93. The molecule has 0 aliphatic carbocycles. The number of carbonyl (C=O) groups excluding carboxylic acids is 3. The van der Waals surface area contributed by atoms with Crippen molar-refractivity contribution in [3.05, 3.63) is 57.1 Å². The molecule has 0 bridgehead atoms. The van der Waals surface area contributed by atoms with Gasteiger partial charge in [0.1, 0.15) is 6.04 Å². The zero-order chi connectivity index (χ0) is 27.1. The van der Waals surface area contributed by atoms with Gasteiger partial charge in [-0.15, -0.1) is 11.3 Å². The number of nitrogens with one attached hydrogen (secondary N) is 3. The lowest BCUT2D eigenvalue weighted by Crippen LogP contribution is -2.55. The number of rotatable bonds is 9. The molecule has 2 aliphatic heterocycles. The van der Waals surface area contributed by atoms with Gasteiger partial charge < -0.3 is 20.4 Å². The maximum Gasteiger partial charge on any atom is 0.319 e. The summed E-state index contributed by atoms with van der Waals surface area (Å²) < 4.78 is 28.1. The SMILES string of the molecule is O=C(NC[C@@H]1CCCN1C(=O)CN1CCC[C@H](NS(=O)(=O)C=Cc2ccc(Cl)s2)C1=O)Nc1ccccc1. The highest BCUT2D eigenvalue weighted by atomic mass is 35.5. The summed E-state index contributed by atoms with van der Waals surface area (Å²) in [4.78, 5) is 42.1. The predicted molar refractivity (Wildman–Crippen MR) is 148 cm³/mol. The molecule has 2 aliphatic rings. The van der Waals surface area contributed by atoms with E-state index < -0.39 is 22.0 Å². The molecule has 0 saturated carbocycles. The first-order valence-corrected chi connectivity index (χ1v) is 15.1. The van der Waals surface area contributed by atoms with Gasteiger partial charge >= 0.3 is 6.03 Å². The van der Waals surface area contributed by atoms with Gasteiger partial charge in [0, 0.05) is 41.6 Å². The van der Waals surface area contributed by atoms with E-state index in [2.05, 4.69) is 15.4 Å². The Morgan fingerprint density at radius 2 is 1.84 bits per heavy atom. The van der Waals surface area contributed by atoms with Crippen molar-refractivity contribution in [1.82, 2.24) is 19.8 Å². The van der Waals surface area contributed by atoms with Crippen LogP contribution in [0, 0.1) is 0 Å². The summed E-state index contributed by atoms with van der Waals surface area (Å²) in [5.41, 5.74) is 0.671. The van der Waals surface area contributed by atoms with Crippen molar-refractivity contribution >= 4 is 62.6 Å². The molecule has 0 unspecified atom stereocenters. The van der Waals surface area contributed by atoms with Crippen molar-refractivity contribution in [3.8, 4) is 0 Å². The van der Waals surface area contributed by atoms with Crippen molar-refractivity contribution in [1.29, 1.82) is 0 Å². The van der Waals surface area contributed by atoms with Crippen LogP contribution in [-0.4, -0.2) is 74.3 Å². The average Bonchev–Trinajstić information content (AvgIpc) is 3.53. The largest absolute Gasteiger partial charge is 0.336 e. The number of carbonyl (C=O) groups is 3. The van der Waals surface area contributed by atoms with Crippen LogP contribution in [0.25, 0.3) is 6.08 Å². The molecule has 4 rings (SSSR count). The highest BCUT2D eigenvalue weighted by molar-refractivity contribution is 7.92. The van der Waals surface area contributed by atoms with Gasteiger partial charge in [-0.1, -0.05) is 29.8 Å². The minimum Gasteiger partial charge on any atom is -0.336 e. The monoisotopic (exact) mass is 579 g/mol. The molecule has 3 heterocycles. The Morgan fingerprint density at radius 1 is 1.08 bits per heavy atom. The molecule has 2 fully saturated rings. The molecule has 0 radical (unpaired) electrons. The second-order valence-corrected chi connectivity index (χ2v) is 12.5. The molecule has 38 heavy (non-hydrogen) atoms. The smallest absolute Gasteiger partial charge is 0.319 e. The van der Waals surface area contributed by atoms with E-state index in [0.29, 0.717) is 47.4 Å². The Balaban J connectivity index is 1.28. The van der Waals surface area contributed by atoms with Gasteiger partial charge in [-0.05, 0) is 56.0 Å². The number of amides is 4. The number of likely N-dealkylation sites (tertiary alicyclic amines) is 2. The number of piperidine rings is 1. The van der Waals surface area contributed by atoms with Crippen LogP contribution in [0.1, 0.15) is 30.6 Å². The highest BCUT2D eigenvalue weighted by Gasteiger charge is 2.35. The van der Waals surface area contributed by atoms with Crippen molar-refractivity contribution in [2.45, 2.75) is 37.8 Å². The number of para-hydroxylation sites is 1. The molecule has 0 spiro atoms.